The van der Waals surface area contributed by atoms with Crippen molar-refractivity contribution in [3.63, 3.8) is 0 Å². The summed E-state index contributed by atoms with van der Waals surface area (Å²) >= 11 is 0. The van der Waals surface area contributed by atoms with Crippen LogP contribution in [0, 0.1) is 22.7 Å². The molecule has 4 heterocycles. The number of hydrogen-bond donors (Lipinski definition) is 0. The van der Waals surface area contributed by atoms with Crippen LogP contribution in [-0.2, 0) is 21.7 Å². The number of fused-ring (bicyclic) bond motifs is 10. The van der Waals surface area contributed by atoms with Gasteiger partial charge in [0.15, 0.2) is 0 Å². The molecule has 17 aromatic rings. The number of anilines is 6. The van der Waals surface area contributed by atoms with Crippen molar-refractivity contribution < 1.29 is 0 Å². The molecule has 0 atom stereocenters. The number of rotatable bonds is 10. The number of nitriles is 2. The molecule has 2 aromatic heterocycles. The minimum atomic E-state index is -0.351. The molecule has 0 N–H and O–H groups in total. The minimum absolute atomic E-state index is 0.220. The first-order valence-corrected chi connectivity index (χ1v) is 40.3. The van der Waals surface area contributed by atoms with Crippen molar-refractivity contribution in [2.45, 2.75) is 105 Å². The normalized spacial score (nSPS) is 12.8. The second-order valence-electron chi connectivity index (χ2n) is 35.6. The Labute approximate surface area is 675 Å². The Morgan fingerprint density at radius 1 is 0.252 bits per heavy atom. The van der Waals surface area contributed by atoms with E-state index in [9.17, 15) is 10.5 Å². The van der Waals surface area contributed by atoms with Crippen LogP contribution in [0.15, 0.2) is 322 Å². The van der Waals surface area contributed by atoms with Crippen LogP contribution < -0.4 is 26.2 Å². The smallest absolute Gasteiger partial charge is 0.252 e. The van der Waals surface area contributed by atoms with E-state index in [1.165, 1.54) is 43.8 Å². The molecule has 0 radical (unpaired) electrons. The number of benzene rings is 15. The van der Waals surface area contributed by atoms with E-state index in [-0.39, 0.29) is 28.4 Å². The second-order valence-corrected chi connectivity index (χ2v) is 35.6. The molecular formula is C108H89BN6. The van der Waals surface area contributed by atoms with Gasteiger partial charge in [-0.25, -0.2) is 0 Å². The molecule has 19 rings (SSSR count). The highest BCUT2D eigenvalue weighted by Crippen LogP contribution is 2.56. The lowest BCUT2D eigenvalue weighted by atomic mass is 9.33. The van der Waals surface area contributed by atoms with Gasteiger partial charge >= 0.3 is 0 Å². The zero-order chi connectivity index (χ0) is 79.1. The van der Waals surface area contributed by atoms with Crippen LogP contribution in [0.25, 0.3) is 122 Å². The standard InChI is InChI=1S/C108H89BN6/c1-105(2,3)77-53-74(54-78(62-77)106(4,5)6)89-57-70(83-37-21-19-35-71(83)66-110)47-52-98(89)114-99-64-81(112-94-43-27-23-39-85(94)86-40-24-28-44-95(86)112)48-50-92(99)109-93-51-49-82(113-96-45-29-25-41-87(96)88-42-26-30-46-97(88)113)65-100(93)115(102-61-73(60-101(114)103(102)109)68-31-15-13-16-32-68)104-90(69-33-17-14-18-34-69)58-76(84-38-22-20-36-72(84)67-111)59-91(104)75-55-79(107(7,8)9)63-80(56-75)108(10,11)12/h13-65H,1-12H3. The topological polar surface area (TPSA) is 63.9 Å². The second kappa shape index (κ2) is 27.2. The number of nitrogens with zero attached hydrogens (tertiary/aromatic N) is 6. The van der Waals surface area contributed by atoms with Gasteiger partial charge in [0.05, 0.1) is 56.7 Å². The lowest BCUT2D eigenvalue weighted by molar-refractivity contribution is 0.568. The molecule has 7 heteroatoms. The maximum Gasteiger partial charge on any atom is 0.252 e. The van der Waals surface area contributed by atoms with Gasteiger partial charge in [0.2, 0.25) is 0 Å². The van der Waals surface area contributed by atoms with Crippen LogP contribution in [-0.4, -0.2) is 15.8 Å². The molecule has 115 heavy (non-hydrogen) atoms. The molecule has 554 valence electrons. The van der Waals surface area contributed by atoms with Gasteiger partial charge in [-0.1, -0.05) is 308 Å². The van der Waals surface area contributed by atoms with E-state index in [0.29, 0.717) is 11.1 Å². The fraction of sp³-hybridized carbons (Fsp3) is 0.148. The monoisotopic (exact) mass is 1480 g/mol. The van der Waals surface area contributed by atoms with E-state index in [0.717, 1.165) is 151 Å². The quantitative estimate of drug-likeness (QED) is 0.128. The zero-order valence-electron chi connectivity index (χ0n) is 67.4. The first-order valence-electron chi connectivity index (χ1n) is 40.3. The first kappa shape index (κ1) is 71.8. The number of hydrogen-bond acceptors (Lipinski definition) is 4. The van der Waals surface area contributed by atoms with Crippen LogP contribution in [0.2, 0.25) is 0 Å². The summed E-state index contributed by atoms with van der Waals surface area (Å²) < 4.78 is 4.94. The van der Waals surface area contributed by atoms with E-state index in [4.69, 9.17) is 0 Å². The zero-order valence-corrected chi connectivity index (χ0v) is 67.4. The Balaban J connectivity index is 1.02. The molecule has 2 aliphatic heterocycles. The van der Waals surface area contributed by atoms with E-state index in [1.54, 1.807) is 0 Å². The van der Waals surface area contributed by atoms with E-state index in [1.807, 2.05) is 30.3 Å². The molecular weight excluding hydrogens is 1390 g/mol. The Morgan fingerprint density at radius 3 is 1.05 bits per heavy atom. The fourth-order valence-corrected chi connectivity index (χ4v) is 18.1. The van der Waals surface area contributed by atoms with Gasteiger partial charge < -0.3 is 18.9 Å². The van der Waals surface area contributed by atoms with E-state index >= 15 is 0 Å². The summed E-state index contributed by atoms with van der Waals surface area (Å²) in [5.74, 6) is 0. The predicted octanol–water partition coefficient (Wildman–Crippen LogP) is 26.9. The third-order valence-corrected chi connectivity index (χ3v) is 24.1. The average Bonchev–Trinajstić information content (AvgIpc) is 1.13. The van der Waals surface area contributed by atoms with Gasteiger partial charge in [0.25, 0.3) is 6.71 Å². The first-order chi connectivity index (χ1) is 55.5. The Hall–Kier alpha value is -13.5. The summed E-state index contributed by atoms with van der Waals surface area (Å²) in [6, 6.07) is 125. The Kier molecular flexibility index (Phi) is 17.0. The molecule has 0 spiro atoms. The van der Waals surface area contributed by atoms with E-state index in [2.05, 4.69) is 405 Å². The maximum atomic E-state index is 11.2. The molecule has 0 bridgehead atoms. The van der Waals surface area contributed by atoms with Gasteiger partial charge in [-0.2, -0.15) is 10.5 Å². The molecule has 0 unspecified atom stereocenters. The Bertz CT molecular complexity index is 6760. The van der Waals surface area contributed by atoms with Crippen LogP contribution >= 0.6 is 0 Å². The number of aromatic nitrogens is 2. The van der Waals surface area contributed by atoms with Crippen molar-refractivity contribution >= 4 is 101 Å². The predicted molar refractivity (Wildman–Crippen MR) is 486 cm³/mol. The third-order valence-electron chi connectivity index (χ3n) is 24.1. The molecule has 6 nitrogen and oxygen atoms in total. The molecule has 15 aromatic carbocycles. The van der Waals surface area contributed by atoms with Crippen molar-refractivity contribution in [1.82, 2.24) is 9.13 Å². The summed E-state index contributed by atoms with van der Waals surface area (Å²) in [6.45, 7) is 27.6. The van der Waals surface area contributed by atoms with Crippen molar-refractivity contribution in [2.75, 3.05) is 9.80 Å². The van der Waals surface area contributed by atoms with Crippen LogP contribution in [0.4, 0.5) is 34.1 Å². The summed E-state index contributed by atoms with van der Waals surface area (Å²) in [5, 5.41) is 27.0. The van der Waals surface area contributed by atoms with Crippen molar-refractivity contribution in [3.05, 3.63) is 355 Å². The molecule has 2 aliphatic rings. The molecule has 0 aliphatic carbocycles. The molecule has 0 amide bonds. The minimum Gasteiger partial charge on any atom is -0.311 e. The lowest BCUT2D eigenvalue weighted by Gasteiger charge is -2.46. The van der Waals surface area contributed by atoms with Crippen molar-refractivity contribution in [2.24, 2.45) is 0 Å². The third kappa shape index (κ3) is 12.1. The van der Waals surface area contributed by atoms with Crippen LogP contribution in [0.1, 0.15) is 116 Å². The van der Waals surface area contributed by atoms with Gasteiger partial charge in [0, 0.05) is 72.4 Å². The highest BCUT2D eigenvalue weighted by molar-refractivity contribution is 7.00. The fourth-order valence-electron chi connectivity index (χ4n) is 18.1. The molecule has 0 saturated carbocycles. The summed E-state index contributed by atoms with van der Waals surface area (Å²) in [5.41, 5.74) is 33.4. The largest absolute Gasteiger partial charge is 0.311 e. The highest BCUT2D eigenvalue weighted by atomic mass is 15.2. The van der Waals surface area contributed by atoms with Crippen LogP contribution in [0.5, 0.6) is 0 Å². The van der Waals surface area contributed by atoms with E-state index < -0.39 is 0 Å². The lowest BCUT2D eigenvalue weighted by Crippen LogP contribution is -2.61. The highest BCUT2D eigenvalue weighted by Gasteiger charge is 2.46. The van der Waals surface area contributed by atoms with Gasteiger partial charge in [-0.05, 0) is 207 Å². The van der Waals surface area contributed by atoms with Crippen molar-refractivity contribution in [3.8, 4) is 90.3 Å². The number of para-hydroxylation sites is 4. The SMILES string of the molecule is CC(C)(C)c1cc(-c2cc(-c3ccccc3C#N)ccc2N2c3cc(-n4c5ccccc5c5ccccc54)ccc3B3c4ccc(-n5c6ccccc6c6ccccc65)cc4N(c4c(-c5ccccc5)cc(-c5ccccc5C#N)cc4-c4cc(C(C)(C)C)cc(C(C)(C)C)c4)c4cc(-c5ccccc5)cc2c43)cc(C(C)(C)C)c1. The van der Waals surface area contributed by atoms with Gasteiger partial charge in [0.1, 0.15) is 0 Å². The maximum absolute atomic E-state index is 11.2. The summed E-state index contributed by atoms with van der Waals surface area (Å²) in [7, 11) is 0. The van der Waals surface area contributed by atoms with Crippen molar-refractivity contribution in [1.29, 1.82) is 10.5 Å². The molecule has 0 fully saturated rings. The molecule has 0 saturated heterocycles. The Morgan fingerprint density at radius 2 is 0.609 bits per heavy atom. The summed E-state index contributed by atoms with van der Waals surface area (Å²) in [6.07, 6.45) is 0. The van der Waals surface area contributed by atoms with Gasteiger partial charge in [-0.3, -0.25) is 0 Å². The average molecular weight is 1480 g/mol. The van der Waals surface area contributed by atoms with Crippen LogP contribution in [0.3, 0.4) is 0 Å². The summed E-state index contributed by atoms with van der Waals surface area (Å²) in [4.78, 5) is 5.30. The van der Waals surface area contributed by atoms with Gasteiger partial charge in [-0.15, -0.1) is 0 Å².